The third-order valence-corrected chi connectivity index (χ3v) is 17.7. The Morgan fingerprint density at radius 1 is 1.21 bits per heavy atom. The summed E-state index contributed by atoms with van der Waals surface area (Å²) in [6.45, 7) is 4.43. The van der Waals surface area contributed by atoms with E-state index in [2.05, 4.69) is 13.8 Å². The second-order valence-electron chi connectivity index (χ2n) is 3.61. The van der Waals surface area contributed by atoms with Crippen molar-refractivity contribution in [2.24, 2.45) is 0 Å². The summed E-state index contributed by atoms with van der Waals surface area (Å²) in [5.41, 5.74) is 0. The van der Waals surface area contributed by atoms with E-state index in [0.29, 0.717) is 5.75 Å². The van der Waals surface area contributed by atoms with Gasteiger partial charge in [0.05, 0.1) is 0 Å². The molecule has 14 heavy (non-hydrogen) atoms. The molecule has 0 heterocycles. The van der Waals surface area contributed by atoms with Crippen molar-refractivity contribution in [3.8, 4) is 0 Å². The average molecular weight is 325 g/mol. The van der Waals surface area contributed by atoms with Gasteiger partial charge in [0, 0.05) is 0 Å². The Hall–Kier alpha value is 0.619. The molecule has 4 heteroatoms. The van der Waals surface area contributed by atoms with Gasteiger partial charge >= 0.3 is 97.4 Å². The minimum atomic E-state index is -1.48. The molecule has 2 nitrogen and oxygen atoms in total. The molecule has 0 aliphatic heterocycles. The molecule has 0 aliphatic carbocycles. The molecule has 0 aromatic rings. The minimum absolute atomic E-state index is 0.355. The standard InChI is InChI=1S/2C4H9.C2H4O2S.Sn.H/c2*1-3-4-2;3-2(4)1-5;;/h2*1,3-4H2,2H3;5H,1H2,(H,3,4);;/q;;;+1;/p-1. The average Bonchev–Trinajstić information content (AvgIpc) is 2.16. The van der Waals surface area contributed by atoms with E-state index in [1.165, 1.54) is 34.6 Å². The van der Waals surface area contributed by atoms with Crippen LogP contribution in [0.5, 0.6) is 0 Å². The topological polar surface area (TPSA) is 37.3 Å². The molecule has 0 aliphatic rings. The van der Waals surface area contributed by atoms with Gasteiger partial charge in [-0.2, -0.15) is 0 Å². The molecule has 0 saturated carbocycles. The van der Waals surface area contributed by atoms with Gasteiger partial charge in [0.25, 0.3) is 0 Å². The van der Waals surface area contributed by atoms with Crippen LogP contribution in [0, 0.1) is 0 Å². The van der Waals surface area contributed by atoms with Crippen LogP contribution in [0.15, 0.2) is 0 Å². The fraction of sp³-hybridized carbons (Fsp3) is 0.900. The van der Waals surface area contributed by atoms with Crippen LogP contribution in [-0.4, -0.2) is 35.2 Å². The van der Waals surface area contributed by atoms with E-state index < -0.39 is 24.3 Å². The molecular weight excluding hydrogens is 303 g/mol. The summed E-state index contributed by atoms with van der Waals surface area (Å²) >= 11 is -1.48. The van der Waals surface area contributed by atoms with Crippen molar-refractivity contribution in [1.29, 1.82) is 0 Å². The maximum absolute atomic E-state index is 10.5. The Morgan fingerprint density at radius 3 is 2.07 bits per heavy atom. The second kappa shape index (κ2) is 10.1. The molecule has 0 atom stereocenters. The summed E-state index contributed by atoms with van der Waals surface area (Å²) in [7, 11) is 1.82. The molecule has 0 aromatic heterocycles. The van der Waals surface area contributed by atoms with Crippen LogP contribution in [0.2, 0.25) is 8.87 Å². The van der Waals surface area contributed by atoms with Gasteiger partial charge in [-0.05, 0) is 0 Å². The SMILES string of the molecule is CCC[CH2][SnH]([CH2]CCC)[S]CC(=O)O. The predicted molar refractivity (Wildman–Crippen MR) is 66.7 cm³/mol. The van der Waals surface area contributed by atoms with E-state index in [0.717, 1.165) is 0 Å². The molecule has 0 unspecified atom stereocenters. The van der Waals surface area contributed by atoms with Gasteiger partial charge in [0.15, 0.2) is 0 Å². The molecular formula is C10H22O2SSn. The van der Waals surface area contributed by atoms with Crippen LogP contribution in [0.25, 0.3) is 0 Å². The van der Waals surface area contributed by atoms with Crippen molar-refractivity contribution in [2.45, 2.75) is 48.4 Å². The fourth-order valence-electron chi connectivity index (χ4n) is 1.36. The van der Waals surface area contributed by atoms with E-state index in [4.69, 9.17) is 5.11 Å². The molecule has 0 rings (SSSR count). The van der Waals surface area contributed by atoms with E-state index in [-0.39, 0.29) is 0 Å². The summed E-state index contributed by atoms with van der Waals surface area (Å²) in [6.07, 6.45) is 5.15. The Balaban J connectivity index is 3.65. The number of rotatable bonds is 9. The summed E-state index contributed by atoms with van der Waals surface area (Å²) in [5.74, 6) is -0.279. The van der Waals surface area contributed by atoms with E-state index in [1.807, 2.05) is 8.95 Å². The predicted octanol–water partition coefficient (Wildman–Crippen LogP) is 3.13. The third kappa shape index (κ3) is 9.18. The summed E-state index contributed by atoms with van der Waals surface area (Å²) in [5, 5.41) is 8.63. The van der Waals surface area contributed by atoms with Crippen molar-refractivity contribution >= 4 is 33.3 Å². The van der Waals surface area contributed by atoms with Crippen LogP contribution < -0.4 is 0 Å². The first-order chi connectivity index (χ1) is 6.70. The zero-order valence-electron chi connectivity index (χ0n) is 9.29. The molecule has 1 N–H and O–H groups in total. The van der Waals surface area contributed by atoms with E-state index in [9.17, 15) is 4.79 Å². The quantitative estimate of drug-likeness (QED) is 0.662. The molecule has 84 valence electrons. The van der Waals surface area contributed by atoms with Gasteiger partial charge < -0.3 is 0 Å². The third-order valence-electron chi connectivity index (χ3n) is 2.20. The zero-order chi connectivity index (χ0) is 10.8. The molecule has 0 spiro atoms. The van der Waals surface area contributed by atoms with Gasteiger partial charge in [-0.25, -0.2) is 0 Å². The van der Waals surface area contributed by atoms with Gasteiger partial charge in [-0.1, -0.05) is 0 Å². The number of hydrogen-bond acceptors (Lipinski definition) is 2. The zero-order valence-corrected chi connectivity index (χ0v) is 13.4. The van der Waals surface area contributed by atoms with E-state index in [1.54, 1.807) is 0 Å². The molecule has 0 fully saturated rings. The van der Waals surface area contributed by atoms with Crippen LogP contribution in [-0.2, 0) is 4.79 Å². The second-order valence-corrected chi connectivity index (χ2v) is 18.4. The van der Waals surface area contributed by atoms with E-state index >= 15 is 0 Å². The van der Waals surface area contributed by atoms with Crippen LogP contribution in [0.4, 0.5) is 0 Å². The normalized spacial score (nSPS) is 10.8. The fourth-order valence-corrected chi connectivity index (χ4v) is 16.2. The van der Waals surface area contributed by atoms with Crippen molar-refractivity contribution in [2.75, 3.05) is 5.75 Å². The molecule has 0 aromatic carbocycles. The number of aliphatic carboxylic acids is 1. The van der Waals surface area contributed by atoms with Crippen LogP contribution >= 0.6 is 8.95 Å². The first kappa shape index (κ1) is 14.6. The van der Waals surface area contributed by atoms with Crippen molar-refractivity contribution in [3.05, 3.63) is 0 Å². The Morgan fingerprint density at radius 2 is 1.71 bits per heavy atom. The number of unbranched alkanes of at least 4 members (excludes halogenated alkanes) is 2. The first-order valence-electron chi connectivity index (χ1n) is 5.54. The van der Waals surface area contributed by atoms with Gasteiger partial charge in [-0.15, -0.1) is 0 Å². The number of carbonyl (C=O) groups is 1. The van der Waals surface area contributed by atoms with Gasteiger partial charge in [0.2, 0.25) is 0 Å². The van der Waals surface area contributed by atoms with Crippen LogP contribution in [0.3, 0.4) is 0 Å². The first-order valence-corrected chi connectivity index (χ1v) is 15.3. The Labute approximate surface area is 97.0 Å². The monoisotopic (exact) mass is 326 g/mol. The molecule has 0 amide bonds. The number of carboxylic acid groups (broad SMARTS) is 1. The van der Waals surface area contributed by atoms with Gasteiger partial charge in [0.1, 0.15) is 0 Å². The summed E-state index contributed by atoms with van der Waals surface area (Å²) in [6, 6.07) is 0. The molecule has 0 bridgehead atoms. The number of carboxylic acids is 1. The van der Waals surface area contributed by atoms with Crippen molar-refractivity contribution < 1.29 is 9.90 Å². The van der Waals surface area contributed by atoms with Crippen molar-refractivity contribution in [1.82, 2.24) is 0 Å². The van der Waals surface area contributed by atoms with Crippen LogP contribution in [0.1, 0.15) is 39.5 Å². The molecule has 0 saturated heterocycles. The summed E-state index contributed by atoms with van der Waals surface area (Å²) in [4.78, 5) is 10.5. The van der Waals surface area contributed by atoms with Gasteiger partial charge in [-0.3, -0.25) is 0 Å². The Kier molecular flexibility index (Phi) is 10.6. The van der Waals surface area contributed by atoms with Crippen molar-refractivity contribution in [3.63, 3.8) is 0 Å². The Bertz CT molecular complexity index is 145. The maximum atomic E-state index is 10.5. The summed E-state index contributed by atoms with van der Waals surface area (Å²) < 4.78 is 2.77. The number of hydrogen-bond donors (Lipinski definition) is 1. The molecule has 0 radical (unpaired) electrons.